The molecule has 2 aromatic rings. The van der Waals surface area contributed by atoms with E-state index >= 15 is 0 Å². The summed E-state index contributed by atoms with van der Waals surface area (Å²) in [6, 6.07) is 3.33. The lowest BCUT2D eigenvalue weighted by Crippen LogP contribution is -2.03. The number of carboxylic acid groups (broad SMARTS) is 1. The summed E-state index contributed by atoms with van der Waals surface area (Å²) in [5.41, 5.74) is 1.91. The average molecular weight is 176 g/mol. The summed E-state index contributed by atoms with van der Waals surface area (Å²) in [4.78, 5) is 14.7. The van der Waals surface area contributed by atoms with Gasteiger partial charge in [0.25, 0.3) is 0 Å². The van der Waals surface area contributed by atoms with Crippen LogP contribution >= 0.6 is 0 Å². The van der Waals surface area contributed by atoms with Gasteiger partial charge in [-0.15, -0.1) is 0 Å². The van der Waals surface area contributed by atoms with Gasteiger partial charge in [0.1, 0.15) is 0 Å². The second-order valence-corrected chi connectivity index (χ2v) is 2.83. The number of rotatable bonds is 1. The van der Waals surface area contributed by atoms with Gasteiger partial charge in [-0.3, -0.25) is 0 Å². The highest BCUT2D eigenvalue weighted by molar-refractivity contribution is 5.89. The van der Waals surface area contributed by atoms with Crippen molar-refractivity contribution in [2.45, 2.75) is 6.92 Å². The van der Waals surface area contributed by atoms with Gasteiger partial charge in [0.05, 0.1) is 23.6 Å². The Morgan fingerprint density at radius 1 is 1.54 bits per heavy atom. The molecule has 1 N–H and O–H groups in total. The minimum atomic E-state index is -0.909. The summed E-state index contributed by atoms with van der Waals surface area (Å²) in [5.74, 6) is -0.909. The minimum absolute atomic E-state index is 0.311. The van der Waals surface area contributed by atoms with E-state index in [9.17, 15) is 4.79 Å². The van der Waals surface area contributed by atoms with Crippen molar-refractivity contribution in [1.82, 2.24) is 9.38 Å². The topological polar surface area (TPSA) is 54.6 Å². The molecular formula is C9H8N2O2. The molecule has 0 spiro atoms. The monoisotopic (exact) mass is 176 g/mol. The Bertz CT molecular complexity index is 473. The fraction of sp³-hybridized carbons (Fsp3) is 0.111. The molecule has 0 aromatic carbocycles. The molecule has 0 saturated heterocycles. The molecule has 2 heterocycles. The number of imidazole rings is 1. The molecule has 0 aliphatic carbocycles. The first kappa shape index (κ1) is 7.79. The average Bonchev–Trinajstić information content (AvgIpc) is 2.52. The maximum atomic E-state index is 10.8. The number of aromatic carboxylic acids is 1. The van der Waals surface area contributed by atoms with Gasteiger partial charge in [-0.2, -0.15) is 0 Å². The van der Waals surface area contributed by atoms with Crippen LogP contribution in [0.2, 0.25) is 0 Å². The number of carbonyl (C=O) groups is 1. The SMILES string of the molecule is Cc1c(C(=O)O)ccc2cncn12. The van der Waals surface area contributed by atoms with E-state index in [1.165, 1.54) is 0 Å². The standard InChI is InChI=1S/C9H8N2O2/c1-6-8(9(12)13)3-2-7-4-10-5-11(6)7/h2-5H,1H3,(H,12,13). The van der Waals surface area contributed by atoms with E-state index in [0.717, 1.165) is 5.52 Å². The van der Waals surface area contributed by atoms with Crippen LogP contribution in [0.5, 0.6) is 0 Å². The van der Waals surface area contributed by atoms with Crippen LogP contribution in [0.4, 0.5) is 0 Å². The fourth-order valence-electron chi connectivity index (χ4n) is 1.35. The molecule has 0 aliphatic rings. The quantitative estimate of drug-likeness (QED) is 0.713. The van der Waals surface area contributed by atoms with E-state index in [1.54, 1.807) is 36.0 Å². The van der Waals surface area contributed by atoms with Crippen LogP contribution in [0.25, 0.3) is 5.52 Å². The summed E-state index contributed by atoms with van der Waals surface area (Å²) in [5, 5.41) is 8.83. The maximum absolute atomic E-state index is 10.8. The van der Waals surface area contributed by atoms with E-state index in [0.29, 0.717) is 11.3 Å². The van der Waals surface area contributed by atoms with Crippen molar-refractivity contribution in [3.63, 3.8) is 0 Å². The van der Waals surface area contributed by atoms with Crippen LogP contribution in [0.15, 0.2) is 24.7 Å². The van der Waals surface area contributed by atoms with Crippen molar-refractivity contribution in [2.75, 3.05) is 0 Å². The van der Waals surface area contributed by atoms with E-state index in [-0.39, 0.29) is 0 Å². The molecule has 0 radical (unpaired) electrons. The number of hydrogen-bond donors (Lipinski definition) is 1. The normalized spacial score (nSPS) is 10.5. The molecule has 66 valence electrons. The lowest BCUT2D eigenvalue weighted by Gasteiger charge is -2.03. The second kappa shape index (κ2) is 2.58. The Kier molecular flexibility index (Phi) is 1.55. The van der Waals surface area contributed by atoms with Crippen LogP contribution in [0.1, 0.15) is 16.1 Å². The van der Waals surface area contributed by atoms with Crippen molar-refractivity contribution in [3.05, 3.63) is 35.9 Å². The van der Waals surface area contributed by atoms with E-state index in [2.05, 4.69) is 4.98 Å². The van der Waals surface area contributed by atoms with Crippen molar-refractivity contribution < 1.29 is 9.90 Å². The van der Waals surface area contributed by atoms with Gasteiger partial charge in [0.2, 0.25) is 0 Å². The van der Waals surface area contributed by atoms with Crippen LogP contribution in [0, 0.1) is 6.92 Å². The number of aryl methyl sites for hydroxylation is 1. The highest BCUT2D eigenvalue weighted by Gasteiger charge is 2.08. The number of nitrogens with zero attached hydrogens (tertiary/aromatic N) is 2. The summed E-state index contributed by atoms with van der Waals surface area (Å²) >= 11 is 0. The zero-order chi connectivity index (χ0) is 9.42. The molecule has 0 aliphatic heterocycles. The Labute approximate surface area is 74.5 Å². The van der Waals surface area contributed by atoms with Crippen molar-refractivity contribution in [3.8, 4) is 0 Å². The number of hydrogen-bond acceptors (Lipinski definition) is 2. The lowest BCUT2D eigenvalue weighted by atomic mass is 10.2. The molecule has 0 amide bonds. The van der Waals surface area contributed by atoms with Gasteiger partial charge in [0.15, 0.2) is 0 Å². The van der Waals surface area contributed by atoms with Crippen LogP contribution in [0.3, 0.4) is 0 Å². The first-order valence-corrected chi connectivity index (χ1v) is 3.85. The Balaban J connectivity index is 2.80. The maximum Gasteiger partial charge on any atom is 0.337 e. The Morgan fingerprint density at radius 2 is 2.31 bits per heavy atom. The Morgan fingerprint density at radius 3 is 3.00 bits per heavy atom. The molecule has 0 fully saturated rings. The highest BCUT2D eigenvalue weighted by Crippen LogP contribution is 2.11. The molecule has 4 nitrogen and oxygen atoms in total. The van der Waals surface area contributed by atoms with Gasteiger partial charge in [-0.05, 0) is 19.1 Å². The summed E-state index contributed by atoms with van der Waals surface area (Å²) in [6.07, 6.45) is 3.30. The van der Waals surface area contributed by atoms with Crippen LogP contribution in [-0.2, 0) is 0 Å². The molecule has 0 bridgehead atoms. The molecule has 4 heteroatoms. The van der Waals surface area contributed by atoms with E-state index < -0.39 is 5.97 Å². The fourth-order valence-corrected chi connectivity index (χ4v) is 1.35. The van der Waals surface area contributed by atoms with Crippen LogP contribution < -0.4 is 0 Å². The van der Waals surface area contributed by atoms with Crippen molar-refractivity contribution in [1.29, 1.82) is 0 Å². The van der Waals surface area contributed by atoms with Gasteiger partial charge in [0, 0.05) is 5.69 Å². The predicted molar refractivity (Wildman–Crippen MR) is 46.9 cm³/mol. The van der Waals surface area contributed by atoms with E-state index in [1.807, 2.05) is 0 Å². The number of pyridine rings is 1. The molecular weight excluding hydrogens is 168 g/mol. The third kappa shape index (κ3) is 1.07. The minimum Gasteiger partial charge on any atom is -0.478 e. The van der Waals surface area contributed by atoms with Crippen molar-refractivity contribution >= 4 is 11.5 Å². The zero-order valence-electron chi connectivity index (χ0n) is 7.06. The van der Waals surface area contributed by atoms with Crippen LogP contribution in [-0.4, -0.2) is 20.5 Å². The number of fused-ring (bicyclic) bond motifs is 1. The molecule has 2 rings (SSSR count). The van der Waals surface area contributed by atoms with Gasteiger partial charge < -0.3 is 9.51 Å². The molecule has 2 aromatic heterocycles. The Hall–Kier alpha value is -1.84. The van der Waals surface area contributed by atoms with Crippen molar-refractivity contribution in [2.24, 2.45) is 0 Å². The highest BCUT2D eigenvalue weighted by atomic mass is 16.4. The zero-order valence-corrected chi connectivity index (χ0v) is 7.06. The predicted octanol–water partition coefficient (Wildman–Crippen LogP) is 1.34. The molecule has 0 saturated carbocycles. The van der Waals surface area contributed by atoms with Gasteiger partial charge in [-0.25, -0.2) is 9.78 Å². The first-order chi connectivity index (χ1) is 6.20. The van der Waals surface area contributed by atoms with Gasteiger partial charge >= 0.3 is 5.97 Å². The third-order valence-electron chi connectivity index (χ3n) is 2.07. The summed E-state index contributed by atoms with van der Waals surface area (Å²) in [7, 11) is 0. The lowest BCUT2D eigenvalue weighted by molar-refractivity contribution is 0.0695. The molecule has 0 unspecified atom stereocenters. The largest absolute Gasteiger partial charge is 0.478 e. The summed E-state index contributed by atoms with van der Waals surface area (Å²) < 4.78 is 1.75. The second-order valence-electron chi connectivity index (χ2n) is 2.83. The number of aromatic nitrogens is 2. The number of carboxylic acids is 1. The summed E-state index contributed by atoms with van der Waals surface area (Å²) in [6.45, 7) is 1.76. The first-order valence-electron chi connectivity index (χ1n) is 3.85. The third-order valence-corrected chi connectivity index (χ3v) is 2.07. The molecule has 0 atom stereocenters. The van der Waals surface area contributed by atoms with Gasteiger partial charge in [-0.1, -0.05) is 0 Å². The smallest absolute Gasteiger partial charge is 0.337 e. The van der Waals surface area contributed by atoms with E-state index in [4.69, 9.17) is 5.11 Å². The molecule has 13 heavy (non-hydrogen) atoms.